The lowest BCUT2D eigenvalue weighted by molar-refractivity contribution is -0.252. The quantitative estimate of drug-likeness (QED) is 0.614. The molecule has 0 saturated heterocycles. The molecule has 0 N–H and O–H groups in total. The minimum atomic E-state index is 0.0171. The number of rotatable bonds is 5. The molecule has 0 unspecified atom stereocenters. The van der Waals surface area contributed by atoms with E-state index in [2.05, 4.69) is 10.9 Å². The zero-order chi connectivity index (χ0) is 10.3. The van der Waals surface area contributed by atoms with Gasteiger partial charge in [0.25, 0.3) is 6.07 Å². The van der Waals surface area contributed by atoms with Gasteiger partial charge in [-0.1, -0.05) is 11.8 Å². The third-order valence-corrected chi connectivity index (χ3v) is 1.52. The summed E-state index contributed by atoms with van der Waals surface area (Å²) in [6.07, 6.45) is 0. The first kappa shape index (κ1) is 12.3. The molecule has 0 fully saturated rings. The summed E-state index contributed by atoms with van der Waals surface area (Å²) in [5, 5.41) is 13.2. The summed E-state index contributed by atoms with van der Waals surface area (Å²) in [6, 6.07) is 2.65. The minimum absolute atomic E-state index is 0.0171. The fourth-order valence-corrected chi connectivity index (χ4v) is 0.886. The molecule has 0 atom stereocenters. The average Bonchev–Trinajstić information content (AvgIpc) is 2.05. The van der Waals surface area contributed by atoms with E-state index in [0.29, 0.717) is 11.9 Å². The maximum atomic E-state index is 11.2. The van der Waals surface area contributed by atoms with Crippen molar-refractivity contribution < 1.29 is 4.84 Å². The Labute approximate surface area is 79.2 Å². The molecule has 0 spiro atoms. The Kier molecular flexibility index (Phi) is 6.45. The van der Waals surface area contributed by atoms with E-state index in [9.17, 15) is 5.21 Å². The minimum Gasteiger partial charge on any atom is -0.747 e. The van der Waals surface area contributed by atoms with Gasteiger partial charge in [0.2, 0.25) is 0 Å². The standard InChI is InChI=1S/C8H17N3O2/c1-5-9-7-13-11(12)10(6-2)8(3)4/h8H,6-7H2,1-4H3. The lowest BCUT2D eigenvalue weighted by Crippen LogP contribution is -2.43. The van der Waals surface area contributed by atoms with Crippen molar-refractivity contribution in [1.82, 2.24) is 10.3 Å². The monoisotopic (exact) mass is 187 g/mol. The molecule has 0 amide bonds. The van der Waals surface area contributed by atoms with Gasteiger partial charge in [-0.05, 0) is 13.8 Å². The van der Waals surface area contributed by atoms with Crippen LogP contribution in [0.5, 0.6) is 0 Å². The second-order valence-electron chi connectivity index (χ2n) is 2.73. The molecular formula is C8H17N3O2. The third kappa shape index (κ3) is 4.80. The van der Waals surface area contributed by atoms with Crippen LogP contribution in [0.15, 0.2) is 0 Å². The van der Waals surface area contributed by atoms with E-state index in [1.54, 1.807) is 11.9 Å². The molecule has 0 aliphatic carbocycles. The molecule has 0 bridgehead atoms. The Hall–Kier alpha value is -0.670. The van der Waals surface area contributed by atoms with Gasteiger partial charge >= 0.3 is 6.73 Å². The van der Waals surface area contributed by atoms with Crippen LogP contribution in [0.1, 0.15) is 27.7 Å². The number of nitrogens with zero attached hydrogens (tertiary/aromatic N) is 3. The number of hydrogen-bond acceptors (Lipinski definition) is 4. The zero-order valence-electron chi connectivity index (χ0n) is 8.65. The average molecular weight is 187 g/mol. The summed E-state index contributed by atoms with van der Waals surface area (Å²) in [7, 11) is 0. The Morgan fingerprint density at radius 1 is 1.54 bits per heavy atom. The van der Waals surface area contributed by atoms with Crippen LogP contribution in [0, 0.1) is 11.3 Å². The molecule has 0 aromatic heterocycles. The van der Waals surface area contributed by atoms with Gasteiger partial charge in [-0.3, -0.25) is 0 Å². The fourth-order valence-electron chi connectivity index (χ4n) is 0.886. The van der Waals surface area contributed by atoms with Gasteiger partial charge in [-0.15, -0.1) is 0 Å². The lowest BCUT2D eigenvalue weighted by Gasteiger charge is -2.38. The zero-order valence-corrected chi connectivity index (χ0v) is 8.65. The Bertz CT molecular complexity index is 186. The van der Waals surface area contributed by atoms with E-state index in [1.807, 2.05) is 20.8 Å². The Morgan fingerprint density at radius 2 is 2.15 bits per heavy atom. The van der Waals surface area contributed by atoms with E-state index in [-0.39, 0.29) is 12.8 Å². The van der Waals surface area contributed by atoms with Crippen molar-refractivity contribution in [3.8, 4) is 6.07 Å². The maximum absolute atomic E-state index is 11.2. The highest BCUT2D eigenvalue weighted by Crippen LogP contribution is 2.02. The van der Waals surface area contributed by atoms with Crippen LogP contribution >= 0.6 is 0 Å². The van der Waals surface area contributed by atoms with Gasteiger partial charge in [-0.25, -0.2) is 9.85 Å². The smallest absolute Gasteiger partial charge is 0.383 e. The lowest BCUT2D eigenvalue weighted by atomic mass is 10.4. The van der Waals surface area contributed by atoms with Gasteiger partial charge in [-0.2, -0.15) is 5.34 Å². The van der Waals surface area contributed by atoms with Crippen molar-refractivity contribution in [3.63, 3.8) is 0 Å². The SMILES string of the molecule is CC#[N+]CON([O-])N(CC)C(C)C. The van der Waals surface area contributed by atoms with E-state index in [0.717, 1.165) is 0 Å². The van der Waals surface area contributed by atoms with Crippen LogP contribution in [0.4, 0.5) is 0 Å². The summed E-state index contributed by atoms with van der Waals surface area (Å²) >= 11 is 0. The topological polar surface area (TPSA) is 43.1 Å². The molecular weight excluding hydrogens is 170 g/mol. The van der Waals surface area contributed by atoms with Crippen LogP contribution < -0.4 is 0 Å². The molecule has 13 heavy (non-hydrogen) atoms. The molecule has 0 radical (unpaired) electrons. The molecule has 0 rings (SSSR count). The van der Waals surface area contributed by atoms with Crippen LogP contribution in [0.25, 0.3) is 4.85 Å². The van der Waals surface area contributed by atoms with Crippen LogP contribution in [-0.2, 0) is 4.84 Å². The molecule has 0 aliphatic heterocycles. The summed E-state index contributed by atoms with van der Waals surface area (Å²) in [4.78, 5) is 8.42. The third-order valence-electron chi connectivity index (χ3n) is 1.52. The maximum Gasteiger partial charge on any atom is 0.383 e. The summed E-state index contributed by atoms with van der Waals surface area (Å²) < 4.78 is 0. The van der Waals surface area contributed by atoms with Crippen molar-refractivity contribution in [2.75, 3.05) is 13.3 Å². The summed E-state index contributed by atoms with van der Waals surface area (Å²) in [6.45, 7) is 8.02. The molecule has 0 aliphatic rings. The fraction of sp³-hybridized carbons (Fsp3) is 0.875. The molecule has 0 aromatic rings. The van der Waals surface area contributed by atoms with E-state index < -0.39 is 0 Å². The summed E-state index contributed by atoms with van der Waals surface area (Å²) in [5.41, 5.74) is 0. The highest BCUT2D eigenvalue weighted by molar-refractivity contribution is 4.76. The molecule has 5 nitrogen and oxygen atoms in total. The van der Waals surface area contributed by atoms with Gasteiger partial charge in [0.05, 0.1) is 6.92 Å². The molecule has 76 valence electrons. The number of hydrazine groups is 1. The van der Waals surface area contributed by atoms with Crippen LogP contribution in [0.2, 0.25) is 0 Å². The Balaban J connectivity index is 3.88. The predicted octanol–water partition coefficient (Wildman–Crippen LogP) is 1.67. The number of hydrogen-bond donors (Lipinski definition) is 0. The predicted molar refractivity (Wildman–Crippen MR) is 51.6 cm³/mol. The molecule has 0 aromatic carbocycles. The van der Waals surface area contributed by atoms with E-state index in [4.69, 9.17) is 4.84 Å². The first-order valence-electron chi connectivity index (χ1n) is 4.33. The van der Waals surface area contributed by atoms with Crippen molar-refractivity contribution >= 4 is 0 Å². The van der Waals surface area contributed by atoms with E-state index >= 15 is 0 Å². The highest BCUT2D eigenvalue weighted by atomic mass is 16.9. The normalized spacial score (nSPS) is 10.8. The van der Waals surface area contributed by atoms with Crippen molar-refractivity contribution in [2.45, 2.75) is 33.7 Å². The van der Waals surface area contributed by atoms with Crippen molar-refractivity contribution in [1.29, 1.82) is 0 Å². The van der Waals surface area contributed by atoms with Crippen LogP contribution in [-0.4, -0.2) is 29.7 Å². The first-order valence-corrected chi connectivity index (χ1v) is 4.33. The summed E-state index contributed by atoms with van der Waals surface area (Å²) in [5.74, 6) is 0. The highest BCUT2D eigenvalue weighted by Gasteiger charge is 2.10. The Morgan fingerprint density at radius 3 is 2.54 bits per heavy atom. The molecule has 0 saturated carbocycles. The van der Waals surface area contributed by atoms with Crippen LogP contribution in [0.3, 0.4) is 0 Å². The van der Waals surface area contributed by atoms with Gasteiger partial charge in [0.1, 0.15) is 0 Å². The van der Waals surface area contributed by atoms with Gasteiger partial charge in [0.15, 0.2) is 0 Å². The second kappa shape index (κ2) is 6.80. The largest absolute Gasteiger partial charge is 0.747 e. The first-order chi connectivity index (χ1) is 6.13. The molecule has 5 heteroatoms. The van der Waals surface area contributed by atoms with E-state index in [1.165, 1.54) is 0 Å². The van der Waals surface area contributed by atoms with Gasteiger partial charge < -0.3 is 5.21 Å². The van der Waals surface area contributed by atoms with Gasteiger partial charge in [0, 0.05) is 12.6 Å². The second-order valence-corrected chi connectivity index (χ2v) is 2.73. The van der Waals surface area contributed by atoms with Crippen molar-refractivity contribution in [2.24, 2.45) is 0 Å². The molecule has 0 heterocycles. The van der Waals surface area contributed by atoms with Crippen molar-refractivity contribution in [3.05, 3.63) is 10.1 Å².